The number of carbonyl (C=O) groups is 2. The number of anilines is 4. The van der Waals surface area contributed by atoms with Gasteiger partial charge in [-0.3, -0.25) is 29.5 Å². The largest absolute Gasteiger partial charge is 0.491 e. The number of ether oxygens (including phenoxy) is 1. The zero-order valence-corrected chi connectivity index (χ0v) is 19.0. The van der Waals surface area contributed by atoms with Crippen molar-refractivity contribution in [2.45, 2.75) is 19.3 Å². The minimum absolute atomic E-state index is 0.0152. The van der Waals surface area contributed by atoms with Crippen molar-refractivity contribution in [3.63, 3.8) is 0 Å². The highest BCUT2D eigenvalue weighted by molar-refractivity contribution is 6.30. The van der Waals surface area contributed by atoms with Gasteiger partial charge in [0.25, 0.3) is 11.2 Å². The van der Waals surface area contributed by atoms with Gasteiger partial charge in [-0.15, -0.1) is 0 Å². The molecule has 0 saturated heterocycles. The summed E-state index contributed by atoms with van der Waals surface area (Å²) in [5.74, 6) is -2.24. The van der Waals surface area contributed by atoms with Crippen molar-refractivity contribution in [3.05, 3.63) is 73.5 Å². The third-order valence-corrected chi connectivity index (χ3v) is 5.32. The van der Waals surface area contributed by atoms with Gasteiger partial charge in [0.15, 0.2) is 0 Å². The fraction of sp³-hybridized carbons (Fsp3) is 0.182. The van der Waals surface area contributed by atoms with Crippen LogP contribution in [0, 0.1) is 10.1 Å². The Hall–Kier alpha value is -4.45. The van der Waals surface area contributed by atoms with Crippen LogP contribution in [0.4, 0.5) is 28.8 Å². The molecule has 35 heavy (non-hydrogen) atoms. The molecule has 1 aliphatic rings. The van der Waals surface area contributed by atoms with Gasteiger partial charge in [-0.2, -0.15) is 4.98 Å². The third kappa shape index (κ3) is 5.22. The number of nitro benzene ring substituents is 1. The Balaban J connectivity index is 1.64. The zero-order valence-electron chi connectivity index (χ0n) is 18.3. The molecular formula is C22H19ClN6O6. The van der Waals surface area contributed by atoms with E-state index in [-0.39, 0.29) is 47.5 Å². The Morgan fingerprint density at radius 3 is 2.80 bits per heavy atom. The van der Waals surface area contributed by atoms with Crippen molar-refractivity contribution in [2.24, 2.45) is 0 Å². The topological polar surface area (TPSA) is 168 Å². The fourth-order valence-electron chi connectivity index (χ4n) is 3.58. The van der Waals surface area contributed by atoms with E-state index in [9.17, 15) is 24.5 Å². The molecule has 1 atom stereocenters. The summed E-state index contributed by atoms with van der Waals surface area (Å²) < 4.78 is 5.41. The number of benzene rings is 2. The van der Waals surface area contributed by atoms with E-state index in [1.54, 1.807) is 31.2 Å². The highest BCUT2D eigenvalue weighted by Gasteiger charge is 2.35. The second-order valence-electron chi connectivity index (χ2n) is 7.48. The van der Waals surface area contributed by atoms with Gasteiger partial charge in [-0.25, -0.2) is 0 Å². The second-order valence-corrected chi connectivity index (χ2v) is 7.91. The number of amides is 2. The number of nitrogens with one attached hydrogen (secondary N) is 4. The lowest BCUT2D eigenvalue weighted by Crippen LogP contribution is -2.36. The van der Waals surface area contributed by atoms with Gasteiger partial charge in [-0.1, -0.05) is 17.7 Å². The number of non-ortho nitro benzene ring substituents is 1. The van der Waals surface area contributed by atoms with Crippen LogP contribution in [0.5, 0.6) is 5.75 Å². The first-order valence-electron chi connectivity index (χ1n) is 10.4. The van der Waals surface area contributed by atoms with E-state index in [1.807, 2.05) is 0 Å². The minimum atomic E-state index is -1.15. The predicted octanol–water partition coefficient (Wildman–Crippen LogP) is 3.54. The SMILES string of the molecule is CCOc1cc([N+](=O)[O-])ccc1NC(=O)C1CC(=O)Nc2nc(Nc3cccc(Cl)c3)[nH]c(=O)c21. The Kier molecular flexibility index (Phi) is 6.64. The van der Waals surface area contributed by atoms with E-state index in [0.717, 1.165) is 0 Å². The number of aromatic amines is 1. The third-order valence-electron chi connectivity index (χ3n) is 5.09. The summed E-state index contributed by atoms with van der Waals surface area (Å²) in [7, 11) is 0. The molecule has 0 fully saturated rings. The van der Waals surface area contributed by atoms with Gasteiger partial charge in [0.2, 0.25) is 17.8 Å². The summed E-state index contributed by atoms with van der Waals surface area (Å²) in [4.78, 5) is 55.7. The summed E-state index contributed by atoms with van der Waals surface area (Å²) in [5.41, 5.74) is -0.126. The van der Waals surface area contributed by atoms with Crippen LogP contribution in [-0.4, -0.2) is 33.3 Å². The Morgan fingerprint density at radius 2 is 2.09 bits per heavy atom. The number of carbonyl (C=O) groups excluding carboxylic acids is 2. The number of hydrogen-bond donors (Lipinski definition) is 4. The molecule has 13 heteroatoms. The van der Waals surface area contributed by atoms with Gasteiger partial charge in [0.1, 0.15) is 11.6 Å². The highest BCUT2D eigenvalue weighted by atomic mass is 35.5. The highest BCUT2D eigenvalue weighted by Crippen LogP contribution is 2.33. The van der Waals surface area contributed by atoms with E-state index in [2.05, 4.69) is 25.9 Å². The standard InChI is InChI=1S/C22H19ClN6O6/c1-2-35-16-9-13(29(33)34)6-7-15(16)25-20(31)14-10-17(30)26-19-18(14)21(32)28-22(27-19)24-12-5-3-4-11(23)8-12/h3-9,14H,2,10H2,1H3,(H,25,31)(H3,24,26,27,28,30,32). The maximum absolute atomic E-state index is 13.1. The van der Waals surface area contributed by atoms with E-state index < -0.39 is 28.2 Å². The van der Waals surface area contributed by atoms with Gasteiger partial charge in [0, 0.05) is 23.2 Å². The molecule has 3 aromatic rings. The molecule has 0 spiro atoms. The van der Waals surface area contributed by atoms with E-state index in [4.69, 9.17) is 16.3 Å². The van der Waals surface area contributed by atoms with Gasteiger partial charge < -0.3 is 20.7 Å². The average Bonchev–Trinajstić information content (AvgIpc) is 2.79. The summed E-state index contributed by atoms with van der Waals surface area (Å²) in [6.07, 6.45) is -0.290. The van der Waals surface area contributed by atoms with Crippen LogP contribution in [0.15, 0.2) is 47.3 Å². The van der Waals surface area contributed by atoms with Crippen molar-refractivity contribution in [2.75, 3.05) is 22.6 Å². The van der Waals surface area contributed by atoms with E-state index >= 15 is 0 Å². The van der Waals surface area contributed by atoms with Crippen molar-refractivity contribution in [1.29, 1.82) is 0 Å². The lowest BCUT2D eigenvalue weighted by molar-refractivity contribution is -0.384. The summed E-state index contributed by atoms with van der Waals surface area (Å²) in [6.45, 7) is 1.89. The van der Waals surface area contributed by atoms with Crippen molar-refractivity contribution < 1.29 is 19.2 Å². The maximum Gasteiger partial charge on any atom is 0.273 e. The molecule has 0 aliphatic carbocycles. The van der Waals surface area contributed by atoms with Crippen molar-refractivity contribution in [3.8, 4) is 5.75 Å². The van der Waals surface area contributed by atoms with Crippen molar-refractivity contribution >= 4 is 52.2 Å². The second kappa shape index (κ2) is 9.81. The molecule has 2 heterocycles. The number of rotatable bonds is 7. The predicted molar refractivity (Wildman–Crippen MR) is 128 cm³/mol. The molecule has 0 radical (unpaired) electrons. The summed E-state index contributed by atoms with van der Waals surface area (Å²) in [5, 5.41) is 19.6. The minimum Gasteiger partial charge on any atom is -0.491 e. The molecule has 2 amide bonds. The molecule has 1 aromatic heterocycles. The van der Waals surface area contributed by atoms with Crippen LogP contribution in [0.1, 0.15) is 24.8 Å². The summed E-state index contributed by atoms with van der Waals surface area (Å²) >= 11 is 5.98. The molecular weight excluding hydrogens is 480 g/mol. The lowest BCUT2D eigenvalue weighted by atomic mass is 9.92. The first-order valence-corrected chi connectivity index (χ1v) is 10.8. The van der Waals surface area contributed by atoms with E-state index in [1.165, 1.54) is 18.2 Å². The monoisotopic (exact) mass is 498 g/mol. The number of H-pyrrole nitrogens is 1. The van der Waals surface area contributed by atoms with Crippen LogP contribution < -0.4 is 26.2 Å². The molecule has 4 rings (SSSR count). The van der Waals surface area contributed by atoms with Crippen LogP contribution in [0.2, 0.25) is 5.02 Å². The van der Waals surface area contributed by atoms with Crippen LogP contribution >= 0.6 is 11.6 Å². The number of fused-ring (bicyclic) bond motifs is 1. The van der Waals surface area contributed by atoms with Crippen LogP contribution in [0.3, 0.4) is 0 Å². The number of nitro groups is 1. The van der Waals surface area contributed by atoms with Crippen molar-refractivity contribution in [1.82, 2.24) is 9.97 Å². The lowest BCUT2D eigenvalue weighted by Gasteiger charge is -2.24. The van der Waals surface area contributed by atoms with Crippen LogP contribution in [0.25, 0.3) is 0 Å². The number of aromatic nitrogens is 2. The smallest absolute Gasteiger partial charge is 0.273 e. The van der Waals surface area contributed by atoms with Crippen LogP contribution in [-0.2, 0) is 9.59 Å². The molecule has 0 bridgehead atoms. The Bertz CT molecular complexity index is 1390. The molecule has 1 aliphatic heterocycles. The first kappa shape index (κ1) is 23.7. The van der Waals surface area contributed by atoms with Gasteiger partial charge in [-0.05, 0) is 31.2 Å². The average molecular weight is 499 g/mol. The number of nitrogens with zero attached hydrogens (tertiary/aromatic N) is 2. The summed E-state index contributed by atoms with van der Waals surface area (Å²) in [6, 6.07) is 10.4. The molecule has 4 N–H and O–H groups in total. The fourth-order valence-corrected chi connectivity index (χ4v) is 3.77. The zero-order chi connectivity index (χ0) is 25.1. The normalized spacial score (nSPS) is 14.5. The molecule has 180 valence electrons. The van der Waals surface area contributed by atoms with E-state index in [0.29, 0.717) is 10.7 Å². The van der Waals surface area contributed by atoms with Gasteiger partial charge in [0.05, 0.1) is 34.8 Å². The molecule has 1 unspecified atom stereocenters. The van der Waals surface area contributed by atoms with Gasteiger partial charge >= 0.3 is 0 Å². The Morgan fingerprint density at radius 1 is 1.29 bits per heavy atom. The number of hydrogen-bond acceptors (Lipinski definition) is 8. The Labute approximate surface area is 202 Å². The first-order chi connectivity index (χ1) is 16.7. The molecule has 12 nitrogen and oxygen atoms in total. The molecule has 2 aromatic carbocycles. The quantitative estimate of drug-likeness (QED) is 0.283. The number of halogens is 1. The maximum atomic E-state index is 13.1. The molecule has 0 saturated carbocycles.